The maximum absolute atomic E-state index is 12.3. The lowest BCUT2D eigenvalue weighted by molar-refractivity contribution is -0.134. The maximum Gasteiger partial charge on any atom is 0.239 e. The molecule has 2 N–H and O–H groups in total. The molecule has 2 rings (SSSR count). The van der Waals surface area contributed by atoms with Crippen LogP contribution < -0.4 is 5.73 Å². The van der Waals surface area contributed by atoms with Crippen molar-refractivity contribution in [3.05, 3.63) is 48.6 Å². The highest BCUT2D eigenvalue weighted by molar-refractivity contribution is 5.82. The number of hydrogen-bond acceptors (Lipinski definition) is 3. The molecule has 1 aromatic carbocycles. The third kappa shape index (κ3) is 3.92. The summed E-state index contributed by atoms with van der Waals surface area (Å²) < 4.78 is 0. The number of nitrogens with zero attached hydrogens (tertiary/aromatic N) is 2. The average molecular weight is 273 g/mol. The zero-order valence-corrected chi connectivity index (χ0v) is 11.9. The first kappa shape index (κ1) is 14.8. The Kier molecular flexibility index (Phi) is 5.32. The lowest BCUT2D eigenvalue weighted by Crippen LogP contribution is -2.53. The van der Waals surface area contributed by atoms with E-state index in [9.17, 15) is 4.79 Å². The summed E-state index contributed by atoms with van der Waals surface area (Å²) >= 11 is 0. The lowest BCUT2D eigenvalue weighted by atomic mass is 10.1. The van der Waals surface area contributed by atoms with Gasteiger partial charge in [0.25, 0.3) is 0 Å². The predicted octanol–water partition coefficient (Wildman–Crippen LogP) is 0.887. The second-order valence-corrected chi connectivity index (χ2v) is 5.21. The van der Waals surface area contributed by atoms with E-state index in [1.807, 2.05) is 41.3 Å². The van der Waals surface area contributed by atoms with Gasteiger partial charge in [-0.15, -0.1) is 6.58 Å². The third-order valence-corrected chi connectivity index (χ3v) is 3.69. The van der Waals surface area contributed by atoms with E-state index in [2.05, 4.69) is 11.5 Å². The van der Waals surface area contributed by atoms with Gasteiger partial charge in [0.05, 0.1) is 6.04 Å². The number of hydrogen-bond donors (Lipinski definition) is 1. The molecule has 108 valence electrons. The molecule has 1 atom stereocenters. The number of rotatable bonds is 5. The highest BCUT2D eigenvalue weighted by Gasteiger charge is 2.24. The van der Waals surface area contributed by atoms with Crippen LogP contribution in [-0.4, -0.2) is 54.5 Å². The fourth-order valence-electron chi connectivity index (χ4n) is 2.52. The Hall–Kier alpha value is -1.65. The van der Waals surface area contributed by atoms with Crippen LogP contribution in [0, 0.1) is 0 Å². The second-order valence-electron chi connectivity index (χ2n) is 5.21. The summed E-state index contributed by atoms with van der Waals surface area (Å²) in [6, 6.07) is 9.49. The highest BCUT2D eigenvalue weighted by Crippen LogP contribution is 2.07. The van der Waals surface area contributed by atoms with Crippen LogP contribution >= 0.6 is 0 Å². The number of benzene rings is 1. The molecule has 1 aliphatic heterocycles. The fourth-order valence-corrected chi connectivity index (χ4v) is 2.52. The van der Waals surface area contributed by atoms with Crippen LogP contribution in [-0.2, 0) is 11.2 Å². The van der Waals surface area contributed by atoms with Crippen molar-refractivity contribution in [2.75, 3.05) is 32.7 Å². The van der Waals surface area contributed by atoms with E-state index in [4.69, 9.17) is 5.73 Å². The topological polar surface area (TPSA) is 49.6 Å². The van der Waals surface area contributed by atoms with Crippen LogP contribution in [0.25, 0.3) is 0 Å². The standard InChI is InChI=1S/C16H23N3O/c1-2-8-18-9-11-19(12-10-18)16(20)15(17)13-14-6-4-3-5-7-14/h2-7,15H,1,8-13,17H2. The molecule has 1 aromatic rings. The van der Waals surface area contributed by atoms with Crippen LogP contribution in [0.15, 0.2) is 43.0 Å². The molecule has 0 radical (unpaired) electrons. The molecule has 0 aromatic heterocycles. The van der Waals surface area contributed by atoms with Gasteiger partial charge in [-0.25, -0.2) is 0 Å². The quantitative estimate of drug-likeness (QED) is 0.811. The van der Waals surface area contributed by atoms with Gasteiger partial charge in [0, 0.05) is 32.7 Å². The Morgan fingerprint density at radius 1 is 1.25 bits per heavy atom. The first-order valence-corrected chi connectivity index (χ1v) is 7.12. The Morgan fingerprint density at radius 2 is 1.90 bits per heavy atom. The summed E-state index contributed by atoms with van der Waals surface area (Å²) in [6.07, 6.45) is 2.51. The molecule has 1 unspecified atom stereocenters. The Labute approximate surface area is 120 Å². The summed E-state index contributed by atoms with van der Waals surface area (Å²) in [5.74, 6) is 0.0621. The number of amides is 1. The van der Waals surface area contributed by atoms with Gasteiger partial charge in [-0.2, -0.15) is 0 Å². The van der Waals surface area contributed by atoms with Gasteiger partial charge in [0.2, 0.25) is 5.91 Å². The second kappa shape index (κ2) is 7.22. The van der Waals surface area contributed by atoms with Crippen molar-refractivity contribution in [3.8, 4) is 0 Å². The fraction of sp³-hybridized carbons (Fsp3) is 0.438. The Balaban J connectivity index is 1.84. The average Bonchev–Trinajstić information content (AvgIpc) is 2.48. The lowest BCUT2D eigenvalue weighted by Gasteiger charge is -2.35. The minimum absolute atomic E-state index is 0.0621. The van der Waals surface area contributed by atoms with Crippen LogP contribution in [0.4, 0.5) is 0 Å². The van der Waals surface area contributed by atoms with Gasteiger partial charge in [0.15, 0.2) is 0 Å². The van der Waals surface area contributed by atoms with E-state index in [1.165, 1.54) is 0 Å². The minimum atomic E-state index is -0.441. The highest BCUT2D eigenvalue weighted by atomic mass is 16.2. The molecule has 1 fully saturated rings. The van der Waals surface area contributed by atoms with Gasteiger partial charge in [-0.1, -0.05) is 36.4 Å². The zero-order chi connectivity index (χ0) is 14.4. The molecule has 0 bridgehead atoms. The first-order valence-electron chi connectivity index (χ1n) is 7.12. The smallest absolute Gasteiger partial charge is 0.239 e. The molecule has 4 heteroatoms. The molecule has 4 nitrogen and oxygen atoms in total. The number of carbonyl (C=O) groups is 1. The van der Waals surface area contributed by atoms with E-state index in [0.717, 1.165) is 38.3 Å². The normalized spacial score (nSPS) is 17.8. The largest absolute Gasteiger partial charge is 0.339 e. The van der Waals surface area contributed by atoms with Gasteiger partial charge < -0.3 is 10.6 Å². The Bertz CT molecular complexity index is 438. The van der Waals surface area contributed by atoms with Crippen LogP contribution in [0.3, 0.4) is 0 Å². The monoisotopic (exact) mass is 273 g/mol. The van der Waals surface area contributed by atoms with E-state index >= 15 is 0 Å². The van der Waals surface area contributed by atoms with Gasteiger partial charge in [0.1, 0.15) is 0 Å². The SMILES string of the molecule is C=CCN1CCN(C(=O)C(N)Cc2ccccc2)CC1. The van der Waals surface area contributed by atoms with E-state index < -0.39 is 6.04 Å². The zero-order valence-electron chi connectivity index (χ0n) is 11.9. The van der Waals surface area contributed by atoms with Gasteiger partial charge in [-0.05, 0) is 12.0 Å². The van der Waals surface area contributed by atoms with Crippen molar-refractivity contribution in [1.82, 2.24) is 9.80 Å². The van der Waals surface area contributed by atoms with Gasteiger partial charge in [-0.3, -0.25) is 9.69 Å². The summed E-state index contributed by atoms with van der Waals surface area (Å²) in [4.78, 5) is 16.5. The van der Waals surface area contributed by atoms with Crippen molar-refractivity contribution in [1.29, 1.82) is 0 Å². The number of carbonyl (C=O) groups excluding carboxylic acids is 1. The van der Waals surface area contributed by atoms with Crippen LogP contribution in [0.5, 0.6) is 0 Å². The summed E-state index contributed by atoms with van der Waals surface area (Å²) in [5.41, 5.74) is 7.16. The molecular formula is C16H23N3O. The molecule has 1 amide bonds. The Morgan fingerprint density at radius 3 is 2.50 bits per heavy atom. The summed E-state index contributed by atoms with van der Waals surface area (Å²) in [6.45, 7) is 7.94. The first-order chi connectivity index (χ1) is 9.70. The third-order valence-electron chi connectivity index (χ3n) is 3.69. The molecular weight excluding hydrogens is 250 g/mol. The summed E-state index contributed by atoms with van der Waals surface area (Å²) in [5, 5.41) is 0. The maximum atomic E-state index is 12.3. The summed E-state index contributed by atoms with van der Waals surface area (Å²) in [7, 11) is 0. The number of piperazine rings is 1. The molecule has 1 aliphatic rings. The molecule has 1 heterocycles. The van der Waals surface area contributed by atoms with Crippen molar-refractivity contribution in [2.45, 2.75) is 12.5 Å². The molecule has 0 spiro atoms. The van der Waals surface area contributed by atoms with Crippen molar-refractivity contribution >= 4 is 5.91 Å². The predicted molar refractivity (Wildman–Crippen MR) is 81.3 cm³/mol. The van der Waals surface area contributed by atoms with Crippen molar-refractivity contribution in [3.63, 3.8) is 0 Å². The van der Waals surface area contributed by atoms with Gasteiger partial charge >= 0.3 is 0 Å². The van der Waals surface area contributed by atoms with Crippen LogP contribution in [0.2, 0.25) is 0 Å². The molecule has 1 saturated heterocycles. The number of nitrogens with two attached hydrogens (primary N) is 1. The van der Waals surface area contributed by atoms with Crippen LogP contribution in [0.1, 0.15) is 5.56 Å². The van der Waals surface area contributed by atoms with E-state index in [1.54, 1.807) is 0 Å². The molecule has 0 saturated carbocycles. The molecule has 0 aliphatic carbocycles. The minimum Gasteiger partial charge on any atom is -0.339 e. The van der Waals surface area contributed by atoms with Crippen molar-refractivity contribution < 1.29 is 4.79 Å². The molecule has 20 heavy (non-hydrogen) atoms. The van der Waals surface area contributed by atoms with E-state index in [-0.39, 0.29) is 5.91 Å². The van der Waals surface area contributed by atoms with Crippen molar-refractivity contribution in [2.24, 2.45) is 5.73 Å². The van der Waals surface area contributed by atoms with E-state index in [0.29, 0.717) is 6.42 Å².